The average Bonchev–Trinajstić information content (AvgIpc) is 2.15. The quantitative estimate of drug-likeness (QED) is 0.694. The molecule has 0 bridgehead atoms. The van der Waals surface area contributed by atoms with Gasteiger partial charge in [-0.05, 0) is 42.0 Å². The van der Waals surface area contributed by atoms with Gasteiger partial charge in [0.2, 0.25) is 0 Å². The Morgan fingerprint density at radius 1 is 1.36 bits per heavy atom. The molecule has 0 amide bonds. The molecule has 1 aromatic rings. The molecule has 0 fully saturated rings. The third-order valence-electron chi connectivity index (χ3n) is 2.22. The van der Waals surface area contributed by atoms with Gasteiger partial charge in [-0.15, -0.1) is 0 Å². The Labute approximate surface area is 90.1 Å². The number of halogens is 1. The van der Waals surface area contributed by atoms with Crippen LogP contribution in [0.1, 0.15) is 36.2 Å². The summed E-state index contributed by atoms with van der Waals surface area (Å²) in [6, 6.07) is 7.54. The lowest BCUT2D eigenvalue weighted by atomic mass is 9.99. The zero-order valence-corrected chi connectivity index (χ0v) is 9.34. The maximum Gasteiger partial charge on any atom is 0.252 e. The van der Waals surface area contributed by atoms with Gasteiger partial charge in [0, 0.05) is 5.56 Å². The largest absolute Gasteiger partial charge is 0.276 e. The highest BCUT2D eigenvalue weighted by molar-refractivity contribution is 6.67. The monoisotopic (exact) mass is 210 g/mol. The average molecular weight is 211 g/mol. The lowest BCUT2D eigenvalue weighted by Gasteiger charge is -2.07. The highest BCUT2D eigenvalue weighted by Crippen LogP contribution is 2.15. The first kappa shape index (κ1) is 11.3. The van der Waals surface area contributed by atoms with Crippen LogP contribution in [-0.2, 0) is 6.42 Å². The van der Waals surface area contributed by atoms with E-state index in [-0.39, 0.29) is 5.24 Å². The topological polar surface area (TPSA) is 17.1 Å². The number of carbonyl (C=O) groups excluding carboxylic acids is 1. The Bertz CT molecular complexity index is 318. The van der Waals surface area contributed by atoms with Gasteiger partial charge in [0.1, 0.15) is 0 Å². The van der Waals surface area contributed by atoms with Crippen LogP contribution in [0.2, 0.25) is 0 Å². The molecule has 2 heteroatoms. The first-order valence-corrected chi connectivity index (χ1v) is 5.26. The van der Waals surface area contributed by atoms with Crippen LogP contribution in [0.15, 0.2) is 24.3 Å². The van der Waals surface area contributed by atoms with Gasteiger partial charge >= 0.3 is 0 Å². The molecule has 0 saturated heterocycles. The summed E-state index contributed by atoms with van der Waals surface area (Å²) in [4.78, 5) is 11.1. The van der Waals surface area contributed by atoms with Gasteiger partial charge in [0.15, 0.2) is 0 Å². The molecular weight excluding hydrogens is 196 g/mol. The fraction of sp³-hybridized carbons (Fsp3) is 0.417. The van der Waals surface area contributed by atoms with Gasteiger partial charge in [0.05, 0.1) is 0 Å². The maximum atomic E-state index is 11.1. The van der Waals surface area contributed by atoms with E-state index in [0.29, 0.717) is 11.5 Å². The van der Waals surface area contributed by atoms with Crippen molar-refractivity contribution in [3.8, 4) is 0 Å². The number of benzene rings is 1. The molecule has 0 saturated carbocycles. The SMILES string of the molecule is CC(C)CCc1ccccc1C(=O)Cl. The van der Waals surface area contributed by atoms with Crippen molar-refractivity contribution in [3.05, 3.63) is 35.4 Å². The minimum atomic E-state index is -0.357. The van der Waals surface area contributed by atoms with Crippen molar-refractivity contribution >= 4 is 16.8 Å². The third kappa shape index (κ3) is 3.15. The molecule has 14 heavy (non-hydrogen) atoms. The molecule has 0 heterocycles. The zero-order valence-electron chi connectivity index (χ0n) is 8.59. The van der Waals surface area contributed by atoms with E-state index in [2.05, 4.69) is 13.8 Å². The van der Waals surface area contributed by atoms with Crippen LogP contribution in [0.4, 0.5) is 0 Å². The molecule has 0 spiro atoms. The Balaban J connectivity index is 2.79. The highest BCUT2D eigenvalue weighted by atomic mass is 35.5. The Kier molecular flexibility index (Phi) is 4.15. The summed E-state index contributed by atoms with van der Waals surface area (Å²) < 4.78 is 0. The molecule has 0 aliphatic heterocycles. The highest BCUT2D eigenvalue weighted by Gasteiger charge is 2.07. The van der Waals surface area contributed by atoms with E-state index in [0.717, 1.165) is 18.4 Å². The van der Waals surface area contributed by atoms with Crippen molar-refractivity contribution < 1.29 is 4.79 Å². The van der Waals surface area contributed by atoms with Crippen molar-refractivity contribution in [1.82, 2.24) is 0 Å². The second kappa shape index (κ2) is 5.16. The first-order valence-electron chi connectivity index (χ1n) is 4.89. The summed E-state index contributed by atoms with van der Waals surface area (Å²) in [5.41, 5.74) is 1.70. The van der Waals surface area contributed by atoms with Gasteiger partial charge in [-0.2, -0.15) is 0 Å². The normalized spacial score (nSPS) is 10.6. The van der Waals surface area contributed by atoms with Gasteiger partial charge < -0.3 is 0 Å². The molecule has 1 nitrogen and oxygen atoms in total. The van der Waals surface area contributed by atoms with E-state index in [9.17, 15) is 4.79 Å². The molecule has 0 atom stereocenters. The molecular formula is C12H15ClO. The number of aryl methyl sites for hydroxylation is 1. The van der Waals surface area contributed by atoms with E-state index in [1.807, 2.05) is 18.2 Å². The molecule has 0 radical (unpaired) electrons. The number of hydrogen-bond acceptors (Lipinski definition) is 1. The van der Waals surface area contributed by atoms with Crippen LogP contribution in [-0.4, -0.2) is 5.24 Å². The Morgan fingerprint density at radius 3 is 2.57 bits per heavy atom. The van der Waals surface area contributed by atoms with E-state index >= 15 is 0 Å². The predicted octanol–water partition coefficient (Wildman–Crippen LogP) is 3.65. The predicted molar refractivity (Wildman–Crippen MR) is 59.8 cm³/mol. The van der Waals surface area contributed by atoms with Crippen molar-refractivity contribution in [1.29, 1.82) is 0 Å². The molecule has 0 aliphatic carbocycles. The van der Waals surface area contributed by atoms with Crippen LogP contribution in [0.25, 0.3) is 0 Å². The standard InChI is InChI=1S/C12H15ClO/c1-9(2)7-8-10-5-3-4-6-11(10)12(13)14/h3-6,9H,7-8H2,1-2H3. The molecule has 0 N–H and O–H groups in total. The van der Waals surface area contributed by atoms with Gasteiger partial charge in [-0.3, -0.25) is 4.79 Å². The maximum absolute atomic E-state index is 11.1. The summed E-state index contributed by atoms with van der Waals surface area (Å²) in [7, 11) is 0. The Hall–Kier alpha value is -0.820. The molecule has 1 rings (SSSR count). The zero-order chi connectivity index (χ0) is 10.6. The van der Waals surface area contributed by atoms with Crippen LogP contribution in [0.5, 0.6) is 0 Å². The number of carbonyl (C=O) groups is 1. The van der Waals surface area contributed by atoms with Crippen LogP contribution in [0, 0.1) is 5.92 Å². The van der Waals surface area contributed by atoms with Crippen LogP contribution in [0.3, 0.4) is 0 Å². The molecule has 0 unspecified atom stereocenters. The van der Waals surface area contributed by atoms with Gasteiger partial charge in [-0.1, -0.05) is 32.0 Å². The van der Waals surface area contributed by atoms with Gasteiger partial charge in [0.25, 0.3) is 5.24 Å². The second-order valence-electron chi connectivity index (χ2n) is 3.86. The molecule has 0 aromatic heterocycles. The smallest absolute Gasteiger partial charge is 0.252 e. The second-order valence-corrected chi connectivity index (χ2v) is 4.21. The molecule has 1 aromatic carbocycles. The minimum Gasteiger partial charge on any atom is -0.276 e. The minimum absolute atomic E-state index is 0.357. The summed E-state index contributed by atoms with van der Waals surface area (Å²) in [6.07, 6.45) is 2.01. The van der Waals surface area contributed by atoms with E-state index in [4.69, 9.17) is 11.6 Å². The summed E-state index contributed by atoms with van der Waals surface area (Å²) >= 11 is 5.48. The fourth-order valence-corrected chi connectivity index (χ4v) is 1.56. The van der Waals surface area contributed by atoms with Crippen molar-refractivity contribution in [2.24, 2.45) is 5.92 Å². The molecule has 76 valence electrons. The lowest BCUT2D eigenvalue weighted by molar-refractivity contribution is 0.108. The lowest BCUT2D eigenvalue weighted by Crippen LogP contribution is -1.99. The summed E-state index contributed by atoms with van der Waals surface area (Å²) in [5.74, 6) is 0.647. The van der Waals surface area contributed by atoms with E-state index in [1.165, 1.54) is 0 Å². The number of hydrogen-bond donors (Lipinski definition) is 0. The van der Waals surface area contributed by atoms with E-state index in [1.54, 1.807) is 6.07 Å². The third-order valence-corrected chi connectivity index (χ3v) is 2.42. The molecule has 0 aliphatic rings. The van der Waals surface area contributed by atoms with Crippen LogP contribution < -0.4 is 0 Å². The van der Waals surface area contributed by atoms with Gasteiger partial charge in [-0.25, -0.2) is 0 Å². The first-order chi connectivity index (χ1) is 6.61. The number of rotatable bonds is 4. The van der Waals surface area contributed by atoms with Crippen molar-refractivity contribution in [3.63, 3.8) is 0 Å². The van der Waals surface area contributed by atoms with Crippen LogP contribution >= 0.6 is 11.6 Å². The summed E-state index contributed by atoms with van der Waals surface area (Å²) in [6.45, 7) is 4.34. The fourth-order valence-electron chi connectivity index (χ4n) is 1.37. The Morgan fingerprint density at radius 2 is 2.00 bits per heavy atom. The van der Waals surface area contributed by atoms with E-state index < -0.39 is 0 Å². The van der Waals surface area contributed by atoms with Crippen molar-refractivity contribution in [2.75, 3.05) is 0 Å². The van der Waals surface area contributed by atoms with Crippen molar-refractivity contribution in [2.45, 2.75) is 26.7 Å². The summed E-state index contributed by atoms with van der Waals surface area (Å²) in [5, 5.41) is -0.357.